The molecule has 9 nitrogen and oxygen atoms in total. The van der Waals surface area contributed by atoms with Crippen molar-refractivity contribution in [2.45, 2.75) is 26.3 Å². The van der Waals surface area contributed by atoms with Crippen molar-refractivity contribution in [1.29, 1.82) is 0 Å². The third-order valence-electron chi connectivity index (χ3n) is 4.59. The van der Waals surface area contributed by atoms with Crippen molar-refractivity contribution < 1.29 is 24.2 Å². The van der Waals surface area contributed by atoms with Gasteiger partial charge in [0.25, 0.3) is 5.82 Å². The quantitative estimate of drug-likeness (QED) is 0.381. The van der Waals surface area contributed by atoms with Gasteiger partial charge in [0.1, 0.15) is 29.8 Å². The van der Waals surface area contributed by atoms with E-state index in [4.69, 9.17) is 0 Å². The van der Waals surface area contributed by atoms with E-state index in [0.29, 0.717) is 21.7 Å². The van der Waals surface area contributed by atoms with E-state index < -0.39 is 29.7 Å². The number of aliphatic hydroxyl groups excluding tert-OH is 1. The summed E-state index contributed by atoms with van der Waals surface area (Å²) in [6.07, 6.45) is 0. The summed E-state index contributed by atoms with van der Waals surface area (Å²) in [4.78, 5) is 36.3. The summed E-state index contributed by atoms with van der Waals surface area (Å²) in [6, 6.07) is 0.848. The Bertz CT molecular complexity index is 854. The highest BCUT2D eigenvalue weighted by atomic mass is 32.1. The molecule has 0 unspecified atom stereocenters. The van der Waals surface area contributed by atoms with Crippen LogP contribution >= 0.6 is 11.3 Å². The van der Waals surface area contributed by atoms with Gasteiger partial charge in [-0.1, -0.05) is 0 Å². The third-order valence-corrected chi connectivity index (χ3v) is 5.30. The molecule has 0 aromatic carbocycles. The highest BCUT2D eigenvalue weighted by molar-refractivity contribution is 7.08. The smallest absolute Gasteiger partial charge is 0.328 e. The Labute approximate surface area is 152 Å². The Morgan fingerprint density at radius 3 is 2.50 bits per heavy atom. The average Bonchev–Trinajstić information content (AvgIpc) is 3.17. The number of hydrogen-bond acceptors (Lipinski definition) is 6. The summed E-state index contributed by atoms with van der Waals surface area (Å²) < 4.78 is 2.30. The van der Waals surface area contributed by atoms with Crippen molar-refractivity contribution in [3.63, 3.8) is 0 Å². The number of nitrogens with zero attached hydrogens (tertiary/aromatic N) is 2. The van der Waals surface area contributed by atoms with Crippen LogP contribution in [-0.2, 0) is 16.1 Å². The fourth-order valence-corrected chi connectivity index (χ4v) is 3.94. The minimum atomic E-state index is -1.28. The van der Waals surface area contributed by atoms with Crippen molar-refractivity contribution in [2.24, 2.45) is 5.92 Å². The summed E-state index contributed by atoms with van der Waals surface area (Å²) >= 11 is 1.37. The second-order valence-electron chi connectivity index (χ2n) is 6.02. The Morgan fingerprint density at radius 2 is 1.96 bits per heavy atom. The number of carbonyl (C=O) groups is 3. The summed E-state index contributed by atoms with van der Waals surface area (Å²) in [5.74, 6) is -3.53. The molecule has 0 radical (unpaired) electrons. The van der Waals surface area contributed by atoms with E-state index in [-0.39, 0.29) is 19.0 Å². The minimum absolute atomic E-state index is 0.146. The first kappa shape index (κ1) is 18.1. The number of imide groups is 2. The van der Waals surface area contributed by atoms with Crippen molar-refractivity contribution in [1.82, 2.24) is 15.2 Å². The molecule has 2 aromatic rings. The molecule has 0 bridgehead atoms. The number of rotatable bonds is 5. The molecule has 1 fully saturated rings. The Hall–Kier alpha value is -2.72. The predicted octanol–water partition coefficient (Wildman–Crippen LogP) is -0.0938. The molecular weight excluding hydrogens is 360 g/mol. The lowest BCUT2D eigenvalue weighted by atomic mass is 9.84. The van der Waals surface area contributed by atoms with Gasteiger partial charge in [0.05, 0.1) is 6.61 Å². The summed E-state index contributed by atoms with van der Waals surface area (Å²) in [6.45, 7) is 3.31. The largest absolute Gasteiger partial charge is 0.711 e. The Morgan fingerprint density at radius 1 is 1.31 bits per heavy atom. The number of urea groups is 1. The summed E-state index contributed by atoms with van der Waals surface area (Å²) in [7, 11) is 0. The molecule has 0 spiro atoms. The number of amides is 4. The van der Waals surface area contributed by atoms with Gasteiger partial charge < -0.3 is 10.3 Å². The molecule has 1 saturated heterocycles. The molecule has 1 atom stereocenters. The van der Waals surface area contributed by atoms with E-state index in [1.165, 1.54) is 11.3 Å². The fourth-order valence-electron chi connectivity index (χ4n) is 3.25. The topological polar surface area (TPSA) is 127 Å². The van der Waals surface area contributed by atoms with Crippen LogP contribution in [0.5, 0.6) is 0 Å². The molecule has 1 aliphatic heterocycles. The van der Waals surface area contributed by atoms with E-state index in [0.717, 1.165) is 0 Å². The van der Waals surface area contributed by atoms with Gasteiger partial charge in [-0.15, -0.1) is 0 Å². The second kappa shape index (κ2) is 6.89. The van der Waals surface area contributed by atoms with E-state index in [1.54, 1.807) is 35.2 Å². The average molecular weight is 378 g/mol. The summed E-state index contributed by atoms with van der Waals surface area (Å²) in [5.41, 5.74) is 1.67. The van der Waals surface area contributed by atoms with Gasteiger partial charge in [-0.05, 0) is 22.4 Å². The van der Waals surface area contributed by atoms with Crippen LogP contribution in [0.3, 0.4) is 0 Å². The maximum atomic E-state index is 12.8. The lowest BCUT2D eigenvalue weighted by Gasteiger charge is -2.27. The predicted molar refractivity (Wildman–Crippen MR) is 91.3 cm³/mol. The maximum absolute atomic E-state index is 12.8. The number of hydrogen-bond donors (Lipinski definition) is 3. The summed E-state index contributed by atoms with van der Waals surface area (Å²) in [5, 5.41) is 29.9. The molecule has 3 rings (SSSR count). The van der Waals surface area contributed by atoms with Gasteiger partial charge in [-0.2, -0.15) is 11.3 Å². The van der Waals surface area contributed by atoms with Crippen molar-refractivity contribution >= 4 is 29.2 Å². The molecule has 0 saturated carbocycles. The van der Waals surface area contributed by atoms with Gasteiger partial charge in [0.2, 0.25) is 11.8 Å². The number of nitrogens with one attached hydrogen (secondary N) is 2. The van der Waals surface area contributed by atoms with Crippen LogP contribution in [0.15, 0.2) is 16.8 Å². The van der Waals surface area contributed by atoms with Crippen molar-refractivity contribution in [3.8, 4) is 0 Å². The lowest BCUT2D eigenvalue weighted by Crippen LogP contribution is -2.58. The SMILES string of the molecule is Cc1c(C)[n+]([O-])c([C@H](c2ccsc2)C2C(=O)NC(=O)NC2=O)n1CCO. The normalized spacial score (nSPS) is 16.5. The highest BCUT2D eigenvalue weighted by Gasteiger charge is 2.47. The van der Waals surface area contributed by atoms with Crippen LogP contribution in [0.1, 0.15) is 28.7 Å². The molecule has 4 amide bonds. The van der Waals surface area contributed by atoms with Gasteiger partial charge in [-0.3, -0.25) is 20.2 Å². The number of aromatic nitrogens is 2. The van der Waals surface area contributed by atoms with Crippen molar-refractivity contribution in [3.05, 3.63) is 44.8 Å². The Balaban J connectivity index is 2.22. The van der Waals surface area contributed by atoms with E-state index in [2.05, 4.69) is 10.6 Å². The monoisotopic (exact) mass is 378 g/mol. The molecule has 3 N–H and O–H groups in total. The van der Waals surface area contributed by atoms with E-state index in [1.807, 2.05) is 0 Å². The van der Waals surface area contributed by atoms with E-state index in [9.17, 15) is 24.7 Å². The number of thiophene rings is 1. The fraction of sp³-hybridized carbons (Fsp3) is 0.375. The van der Waals surface area contributed by atoms with Gasteiger partial charge >= 0.3 is 6.03 Å². The Kier molecular flexibility index (Phi) is 4.79. The van der Waals surface area contributed by atoms with Gasteiger partial charge in [0, 0.05) is 13.8 Å². The first-order valence-corrected chi connectivity index (χ1v) is 8.88. The number of aliphatic hydroxyl groups is 1. The molecule has 1 aliphatic rings. The first-order valence-electron chi connectivity index (χ1n) is 7.94. The van der Waals surface area contributed by atoms with Crippen LogP contribution in [0.25, 0.3) is 0 Å². The van der Waals surface area contributed by atoms with Crippen LogP contribution in [0, 0.1) is 25.0 Å². The standard InChI is InChI=1S/C16H18N4O5S/c1-8-9(2)20(25)15(19(8)4-5-21)11(10-3-6-26-7-10)12-13(22)17-16(24)18-14(12)23/h3,6-7,11-12,21H,4-5H2,1-2H3,(H2,17,18,22,23,24)/t11-/m1/s1. The molecule has 138 valence electrons. The molecule has 0 aliphatic carbocycles. The molecule has 26 heavy (non-hydrogen) atoms. The number of carbonyl (C=O) groups excluding carboxylic acids is 3. The highest BCUT2D eigenvalue weighted by Crippen LogP contribution is 2.34. The van der Waals surface area contributed by atoms with Gasteiger partial charge in [0.15, 0.2) is 0 Å². The first-order chi connectivity index (χ1) is 12.4. The number of imidazole rings is 1. The molecular formula is C16H18N4O5S. The maximum Gasteiger partial charge on any atom is 0.328 e. The molecule has 3 heterocycles. The zero-order valence-corrected chi connectivity index (χ0v) is 15.0. The van der Waals surface area contributed by atoms with E-state index >= 15 is 0 Å². The van der Waals surface area contributed by atoms with Crippen LogP contribution in [-0.4, -0.2) is 34.1 Å². The van der Waals surface area contributed by atoms with Crippen LogP contribution in [0.2, 0.25) is 0 Å². The lowest BCUT2D eigenvalue weighted by molar-refractivity contribution is -0.621. The van der Waals surface area contributed by atoms with Crippen LogP contribution in [0.4, 0.5) is 4.79 Å². The zero-order valence-electron chi connectivity index (χ0n) is 14.2. The van der Waals surface area contributed by atoms with Gasteiger partial charge in [-0.25, -0.2) is 14.1 Å². The van der Waals surface area contributed by atoms with Crippen LogP contribution < -0.4 is 15.4 Å². The minimum Gasteiger partial charge on any atom is -0.711 e. The van der Waals surface area contributed by atoms with Crippen molar-refractivity contribution in [2.75, 3.05) is 6.61 Å². The third kappa shape index (κ3) is 2.86. The number of barbiturate groups is 1. The molecule has 2 aromatic heterocycles. The second-order valence-corrected chi connectivity index (χ2v) is 6.80. The zero-order chi connectivity index (χ0) is 19.0. The molecule has 10 heteroatoms.